The van der Waals surface area contributed by atoms with Crippen LogP contribution in [0.25, 0.3) is 10.8 Å². The number of halogens is 1. The van der Waals surface area contributed by atoms with E-state index in [1.807, 2.05) is 24.3 Å². The molecule has 1 fully saturated rings. The molecule has 3 aromatic carbocycles. The number of aryl methyl sites for hydroxylation is 1. The lowest BCUT2D eigenvalue weighted by molar-refractivity contribution is -0.121. The summed E-state index contributed by atoms with van der Waals surface area (Å²) in [5.41, 5.74) is 1.87. The molecule has 1 N–H and O–H groups in total. The third kappa shape index (κ3) is 4.24. The van der Waals surface area contributed by atoms with Crippen molar-refractivity contribution in [3.05, 3.63) is 71.5 Å². The predicted octanol–water partition coefficient (Wildman–Crippen LogP) is 4.79. The summed E-state index contributed by atoms with van der Waals surface area (Å²) in [6.07, 6.45) is 1.46. The van der Waals surface area contributed by atoms with Crippen molar-refractivity contribution in [2.24, 2.45) is 5.92 Å². The van der Waals surface area contributed by atoms with Crippen molar-refractivity contribution in [3.63, 3.8) is 0 Å². The van der Waals surface area contributed by atoms with Gasteiger partial charge in [-0.15, -0.1) is 0 Å². The Morgan fingerprint density at radius 1 is 1.10 bits per heavy atom. The van der Waals surface area contributed by atoms with Gasteiger partial charge in [0.05, 0.1) is 13.0 Å². The van der Waals surface area contributed by atoms with Gasteiger partial charge in [0.1, 0.15) is 11.6 Å². The third-order valence-electron chi connectivity index (χ3n) is 5.86. The SMILES string of the molecule is COc1ccc(C(=O)N2CCCC(C(=O)Nc3ccc(F)cc3C)C2)c2ccccc12. The lowest BCUT2D eigenvalue weighted by atomic mass is 9.95. The van der Waals surface area contributed by atoms with Gasteiger partial charge in [0.15, 0.2) is 0 Å². The molecule has 3 aromatic rings. The summed E-state index contributed by atoms with van der Waals surface area (Å²) >= 11 is 0. The van der Waals surface area contributed by atoms with E-state index in [1.165, 1.54) is 12.1 Å². The zero-order valence-corrected chi connectivity index (χ0v) is 17.7. The number of nitrogens with zero attached hydrogens (tertiary/aromatic N) is 1. The van der Waals surface area contributed by atoms with Gasteiger partial charge in [0, 0.05) is 29.7 Å². The van der Waals surface area contributed by atoms with Gasteiger partial charge in [-0.05, 0) is 61.0 Å². The second kappa shape index (κ2) is 8.76. The number of carbonyl (C=O) groups excluding carboxylic acids is 2. The summed E-state index contributed by atoms with van der Waals surface area (Å²) in [4.78, 5) is 27.9. The van der Waals surface area contributed by atoms with Gasteiger partial charge in [-0.25, -0.2) is 4.39 Å². The summed E-state index contributed by atoms with van der Waals surface area (Å²) < 4.78 is 18.8. The second-order valence-electron chi connectivity index (χ2n) is 7.90. The Morgan fingerprint density at radius 2 is 1.87 bits per heavy atom. The second-order valence-corrected chi connectivity index (χ2v) is 7.90. The minimum atomic E-state index is -0.336. The number of fused-ring (bicyclic) bond motifs is 1. The average Bonchev–Trinajstić information content (AvgIpc) is 2.79. The number of anilines is 1. The molecule has 1 saturated heterocycles. The Kier molecular flexibility index (Phi) is 5.89. The van der Waals surface area contributed by atoms with Gasteiger partial charge in [-0.2, -0.15) is 0 Å². The molecule has 0 aliphatic carbocycles. The lowest BCUT2D eigenvalue weighted by Crippen LogP contribution is -2.43. The number of rotatable bonds is 4. The maximum Gasteiger partial charge on any atom is 0.254 e. The number of amides is 2. The van der Waals surface area contributed by atoms with Crippen molar-refractivity contribution in [3.8, 4) is 5.75 Å². The highest BCUT2D eigenvalue weighted by atomic mass is 19.1. The first-order valence-electron chi connectivity index (χ1n) is 10.4. The Morgan fingerprint density at radius 3 is 2.61 bits per heavy atom. The van der Waals surface area contributed by atoms with Crippen molar-refractivity contribution in [1.29, 1.82) is 0 Å². The number of piperidine rings is 1. The Hall–Kier alpha value is -3.41. The summed E-state index contributed by atoms with van der Waals surface area (Å²) in [6, 6.07) is 15.5. The van der Waals surface area contributed by atoms with Crippen LogP contribution < -0.4 is 10.1 Å². The molecule has 0 radical (unpaired) electrons. The quantitative estimate of drug-likeness (QED) is 0.660. The highest BCUT2D eigenvalue weighted by Crippen LogP contribution is 2.30. The van der Waals surface area contributed by atoms with Crippen LogP contribution in [-0.4, -0.2) is 36.9 Å². The molecule has 6 heteroatoms. The van der Waals surface area contributed by atoms with Gasteiger partial charge in [-0.3, -0.25) is 9.59 Å². The van der Waals surface area contributed by atoms with Gasteiger partial charge >= 0.3 is 0 Å². The maximum absolute atomic E-state index is 13.3. The number of ether oxygens (including phenoxy) is 1. The monoisotopic (exact) mass is 420 g/mol. The molecule has 2 amide bonds. The van der Waals surface area contributed by atoms with Crippen LogP contribution >= 0.6 is 0 Å². The van der Waals surface area contributed by atoms with Crippen LogP contribution in [0, 0.1) is 18.7 Å². The fraction of sp³-hybridized carbons (Fsp3) is 0.280. The largest absolute Gasteiger partial charge is 0.496 e. The van der Waals surface area contributed by atoms with E-state index in [0.29, 0.717) is 36.3 Å². The summed E-state index contributed by atoms with van der Waals surface area (Å²) in [6.45, 7) is 2.72. The van der Waals surface area contributed by atoms with E-state index in [1.54, 1.807) is 37.1 Å². The molecule has 0 aromatic heterocycles. The molecule has 0 bridgehead atoms. The molecule has 1 heterocycles. The first-order valence-corrected chi connectivity index (χ1v) is 10.4. The third-order valence-corrected chi connectivity index (χ3v) is 5.86. The molecule has 1 atom stereocenters. The van der Waals surface area contributed by atoms with Crippen molar-refractivity contribution in [1.82, 2.24) is 4.90 Å². The smallest absolute Gasteiger partial charge is 0.254 e. The van der Waals surface area contributed by atoms with Crippen LogP contribution in [0.15, 0.2) is 54.6 Å². The number of hydrogen-bond donors (Lipinski definition) is 1. The number of benzene rings is 3. The zero-order valence-electron chi connectivity index (χ0n) is 17.7. The minimum absolute atomic E-state index is 0.0886. The molecule has 0 saturated carbocycles. The molecule has 1 aliphatic rings. The minimum Gasteiger partial charge on any atom is -0.496 e. The van der Waals surface area contributed by atoms with Crippen molar-refractivity contribution in [2.75, 3.05) is 25.5 Å². The van der Waals surface area contributed by atoms with E-state index in [9.17, 15) is 14.0 Å². The molecule has 31 heavy (non-hydrogen) atoms. The van der Waals surface area contributed by atoms with E-state index in [2.05, 4.69) is 5.32 Å². The van der Waals surface area contributed by atoms with E-state index in [0.717, 1.165) is 22.9 Å². The summed E-state index contributed by atoms with van der Waals surface area (Å²) in [7, 11) is 1.61. The fourth-order valence-electron chi connectivity index (χ4n) is 4.18. The Labute approximate surface area is 180 Å². The average molecular weight is 420 g/mol. The van der Waals surface area contributed by atoms with Crippen LogP contribution in [0.2, 0.25) is 0 Å². The molecule has 1 aliphatic heterocycles. The fourth-order valence-corrected chi connectivity index (χ4v) is 4.18. The Bertz CT molecular complexity index is 1140. The van der Waals surface area contributed by atoms with E-state index in [4.69, 9.17) is 4.74 Å². The van der Waals surface area contributed by atoms with Gasteiger partial charge in [0.25, 0.3) is 5.91 Å². The van der Waals surface area contributed by atoms with Crippen molar-refractivity contribution >= 4 is 28.3 Å². The molecule has 0 spiro atoms. The molecule has 5 nitrogen and oxygen atoms in total. The first kappa shape index (κ1) is 20.8. The molecule has 1 unspecified atom stereocenters. The van der Waals surface area contributed by atoms with Crippen molar-refractivity contribution in [2.45, 2.75) is 19.8 Å². The lowest BCUT2D eigenvalue weighted by Gasteiger charge is -2.32. The Balaban J connectivity index is 1.53. The van der Waals surface area contributed by atoms with E-state index >= 15 is 0 Å². The first-order chi connectivity index (χ1) is 15.0. The van der Waals surface area contributed by atoms with Gasteiger partial charge in [-0.1, -0.05) is 24.3 Å². The van der Waals surface area contributed by atoms with Crippen molar-refractivity contribution < 1.29 is 18.7 Å². The summed E-state index contributed by atoms with van der Waals surface area (Å²) in [5, 5.41) is 4.61. The zero-order chi connectivity index (χ0) is 22.0. The number of hydrogen-bond acceptors (Lipinski definition) is 3. The van der Waals surface area contributed by atoms with Crippen LogP contribution in [0.1, 0.15) is 28.8 Å². The standard InChI is InChI=1S/C25H25FN2O3/c1-16-14-18(26)9-11-22(16)27-24(29)17-6-5-13-28(15-17)25(30)21-10-12-23(31-2)20-8-4-3-7-19(20)21/h3-4,7-12,14,17H,5-6,13,15H2,1-2H3,(H,27,29). The van der Waals surface area contributed by atoms with E-state index < -0.39 is 0 Å². The van der Waals surface area contributed by atoms with E-state index in [-0.39, 0.29) is 23.5 Å². The normalized spacial score (nSPS) is 16.2. The molecular weight excluding hydrogens is 395 g/mol. The predicted molar refractivity (Wildman–Crippen MR) is 119 cm³/mol. The van der Waals surface area contributed by atoms with Gasteiger partial charge < -0.3 is 15.0 Å². The molecule has 4 rings (SSSR count). The van der Waals surface area contributed by atoms with Crippen LogP contribution in [0.3, 0.4) is 0 Å². The number of methoxy groups -OCH3 is 1. The maximum atomic E-state index is 13.3. The van der Waals surface area contributed by atoms with Crippen LogP contribution in [0.5, 0.6) is 5.75 Å². The number of carbonyl (C=O) groups is 2. The van der Waals surface area contributed by atoms with Crippen LogP contribution in [0.4, 0.5) is 10.1 Å². The van der Waals surface area contributed by atoms with Crippen LogP contribution in [-0.2, 0) is 4.79 Å². The number of likely N-dealkylation sites (tertiary alicyclic amines) is 1. The highest BCUT2D eigenvalue weighted by molar-refractivity contribution is 6.08. The molecular formula is C25H25FN2O3. The molecule has 160 valence electrons. The summed E-state index contributed by atoms with van der Waals surface area (Å²) in [5.74, 6) is -0.165. The van der Waals surface area contributed by atoms with Gasteiger partial charge in [0.2, 0.25) is 5.91 Å². The topological polar surface area (TPSA) is 58.6 Å². The highest BCUT2D eigenvalue weighted by Gasteiger charge is 2.30. The number of nitrogens with one attached hydrogen (secondary N) is 1.